The summed E-state index contributed by atoms with van der Waals surface area (Å²) in [6, 6.07) is 0. The Labute approximate surface area is 78.0 Å². The summed E-state index contributed by atoms with van der Waals surface area (Å²) in [5.74, 6) is -0.361. The Bertz CT molecular complexity index is 226. The molecule has 0 N–H and O–H groups in total. The van der Waals surface area contributed by atoms with E-state index >= 15 is 0 Å². The fourth-order valence-electron chi connectivity index (χ4n) is 0.754. The van der Waals surface area contributed by atoms with Crippen LogP contribution in [0.4, 0.5) is 0 Å². The minimum atomic E-state index is -0.361. The lowest BCUT2D eigenvalue weighted by atomic mass is 10.2. The third kappa shape index (κ3) is 3.90. The van der Waals surface area contributed by atoms with Crippen LogP contribution in [0.1, 0.15) is 13.3 Å². The summed E-state index contributed by atoms with van der Waals surface area (Å²) in [5.41, 5.74) is 0.391. The predicted molar refractivity (Wildman–Crippen MR) is 49.3 cm³/mol. The summed E-state index contributed by atoms with van der Waals surface area (Å²) in [4.78, 5) is 11.2. The average molecular weight is 182 g/mol. The molecule has 1 heterocycles. The number of epoxide rings is 1. The van der Waals surface area contributed by atoms with E-state index in [4.69, 9.17) is 9.47 Å². The number of esters is 1. The van der Waals surface area contributed by atoms with Gasteiger partial charge in [0, 0.05) is 0 Å². The van der Waals surface area contributed by atoms with Crippen molar-refractivity contribution in [2.75, 3.05) is 13.2 Å². The largest absolute Gasteiger partial charge is 0.459 e. The maximum absolute atomic E-state index is 11.2. The van der Waals surface area contributed by atoms with Crippen molar-refractivity contribution in [2.24, 2.45) is 0 Å². The Hall–Kier alpha value is -1.09. The highest BCUT2D eigenvalue weighted by Crippen LogP contribution is 2.09. The molecule has 0 saturated carbocycles. The number of ether oxygens (including phenoxy) is 2. The predicted octanol–water partition coefficient (Wildman–Crippen LogP) is 1.45. The first kappa shape index (κ1) is 9.99. The number of carbonyl (C=O) groups excluding carboxylic acids is 1. The van der Waals surface area contributed by atoms with Crippen LogP contribution in [0, 0.1) is 0 Å². The van der Waals surface area contributed by atoms with Crippen molar-refractivity contribution in [3.63, 3.8) is 0 Å². The van der Waals surface area contributed by atoms with Crippen molar-refractivity contribution in [3.05, 3.63) is 24.3 Å². The van der Waals surface area contributed by atoms with Gasteiger partial charge in [-0.05, 0) is 6.42 Å². The Morgan fingerprint density at radius 2 is 2.46 bits per heavy atom. The van der Waals surface area contributed by atoms with Crippen LogP contribution >= 0.6 is 0 Å². The quantitative estimate of drug-likeness (QED) is 0.279. The third-order valence-electron chi connectivity index (χ3n) is 1.62. The molecule has 0 aromatic heterocycles. The van der Waals surface area contributed by atoms with Gasteiger partial charge >= 0.3 is 5.97 Å². The first-order valence-electron chi connectivity index (χ1n) is 4.38. The Morgan fingerprint density at radius 1 is 1.77 bits per heavy atom. The van der Waals surface area contributed by atoms with Gasteiger partial charge in [-0.3, -0.25) is 0 Å². The summed E-state index contributed by atoms with van der Waals surface area (Å²) >= 11 is 0. The van der Waals surface area contributed by atoms with Crippen LogP contribution in [0.2, 0.25) is 0 Å². The molecule has 72 valence electrons. The molecular weight excluding hydrogens is 168 g/mol. The third-order valence-corrected chi connectivity index (χ3v) is 1.62. The second-order valence-electron chi connectivity index (χ2n) is 2.89. The van der Waals surface area contributed by atoms with Crippen molar-refractivity contribution in [2.45, 2.75) is 19.4 Å². The summed E-state index contributed by atoms with van der Waals surface area (Å²) in [5, 5.41) is 0. The molecule has 3 heteroatoms. The minimum absolute atomic E-state index is 0.118. The van der Waals surface area contributed by atoms with E-state index in [-0.39, 0.29) is 12.1 Å². The lowest BCUT2D eigenvalue weighted by molar-refractivity contribution is -0.139. The van der Waals surface area contributed by atoms with E-state index < -0.39 is 0 Å². The van der Waals surface area contributed by atoms with E-state index in [1.807, 2.05) is 13.0 Å². The van der Waals surface area contributed by atoms with E-state index in [0.29, 0.717) is 18.8 Å². The topological polar surface area (TPSA) is 38.8 Å². The summed E-state index contributed by atoms with van der Waals surface area (Å²) < 4.78 is 9.80. The Morgan fingerprint density at radius 3 is 3.00 bits per heavy atom. The number of carbonyl (C=O) groups is 1. The fourth-order valence-corrected chi connectivity index (χ4v) is 0.754. The van der Waals surface area contributed by atoms with Gasteiger partial charge in [0.25, 0.3) is 0 Å². The zero-order chi connectivity index (χ0) is 9.68. The van der Waals surface area contributed by atoms with Gasteiger partial charge in [0.2, 0.25) is 0 Å². The van der Waals surface area contributed by atoms with Gasteiger partial charge in [0.05, 0.1) is 12.2 Å². The van der Waals surface area contributed by atoms with Gasteiger partial charge in [-0.2, -0.15) is 0 Å². The van der Waals surface area contributed by atoms with Crippen LogP contribution in [0.3, 0.4) is 0 Å². The van der Waals surface area contributed by atoms with Crippen molar-refractivity contribution in [3.8, 4) is 0 Å². The molecule has 1 rings (SSSR count). The number of hydrogen-bond donors (Lipinski definition) is 0. The van der Waals surface area contributed by atoms with Gasteiger partial charge in [0.15, 0.2) is 0 Å². The normalized spacial score (nSPS) is 20.2. The first-order chi connectivity index (χ1) is 6.24. The molecule has 0 aromatic carbocycles. The molecule has 1 saturated heterocycles. The summed E-state index contributed by atoms with van der Waals surface area (Å²) in [6.45, 7) is 6.63. The van der Waals surface area contributed by atoms with Crippen molar-refractivity contribution < 1.29 is 14.3 Å². The van der Waals surface area contributed by atoms with Gasteiger partial charge < -0.3 is 9.47 Å². The molecule has 1 unspecified atom stereocenters. The zero-order valence-electron chi connectivity index (χ0n) is 7.79. The van der Waals surface area contributed by atoms with Crippen LogP contribution in [0.25, 0.3) is 0 Å². The number of hydrogen-bond acceptors (Lipinski definition) is 3. The second-order valence-corrected chi connectivity index (χ2v) is 2.89. The van der Waals surface area contributed by atoms with Gasteiger partial charge in [0.1, 0.15) is 12.7 Å². The number of rotatable bonds is 5. The molecule has 1 fully saturated rings. The van der Waals surface area contributed by atoms with E-state index in [1.165, 1.54) is 0 Å². The lowest BCUT2D eigenvalue weighted by Gasteiger charge is -2.00. The molecule has 0 aromatic rings. The SMILES string of the molecule is C=C(C=CCC)C(=O)OCC1CO1. The molecule has 0 amide bonds. The van der Waals surface area contributed by atoms with E-state index in [2.05, 4.69) is 6.58 Å². The van der Waals surface area contributed by atoms with E-state index in [1.54, 1.807) is 6.08 Å². The molecule has 0 radical (unpaired) electrons. The zero-order valence-corrected chi connectivity index (χ0v) is 7.79. The summed E-state index contributed by atoms with van der Waals surface area (Å²) in [6.07, 6.45) is 4.55. The highest BCUT2D eigenvalue weighted by molar-refractivity contribution is 5.90. The molecule has 13 heavy (non-hydrogen) atoms. The van der Waals surface area contributed by atoms with E-state index in [9.17, 15) is 4.79 Å². The lowest BCUT2D eigenvalue weighted by Crippen LogP contribution is -2.10. The van der Waals surface area contributed by atoms with Gasteiger partial charge in [-0.25, -0.2) is 4.79 Å². The van der Waals surface area contributed by atoms with E-state index in [0.717, 1.165) is 6.42 Å². The van der Waals surface area contributed by atoms with Crippen LogP contribution in [0.5, 0.6) is 0 Å². The van der Waals surface area contributed by atoms with Crippen molar-refractivity contribution in [1.82, 2.24) is 0 Å². The van der Waals surface area contributed by atoms with Crippen LogP contribution in [-0.4, -0.2) is 25.3 Å². The first-order valence-corrected chi connectivity index (χ1v) is 4.38. The molecule has 1 atom stereocenters. The molecular formula is C10H14O3. The van der Waals surface area contributed by atoms with Crippen LogP contribution in [0.15, 0.2) is 24.3 Å². The molecule has 0 aliphatic carbocycles. The van der Waals surface area contributed by atoms with Gasteiger partial charge in [-0.15, -0.1) is 0 Å². The number of allylic oxidation sites excluding steroid dienone is 1. The molecule has 0 spiro atoms. The Balaban J connectivity index is 2.20. The highest BCUT2D eigenvalue weighted by atomic mass is 16.6. The molecule has 0 bridgehead atoms. The van der Waals surface area contributed by atoms with Crippen LogP contribution in [-0.2, 0) is 14.3 Å². The Kier molecular flexibility index (Phi) is 3.71. The maximum Gasteiger partial charge on any atom is 0.337 e. The van der Waals surface area contributed by atoms with Crippen LogP contribution < -0.4 is 0 Å². The fraction of sp³-hybridized carbons (Fsp3) is 0.500. The monoisotopic (exact) mass is 182 g/mol. The van der Waals surface area contributed by atoms with Crippen molar-refractivity contribution >= 4 is 5.97 Å². The average Bonchev–Trinajstić information content (AvgIpc) is 2.93. The van der Waals surface area contributed by atoms with Crippen molar-refractivity contribution in [1.29, 1.82) is 0 Å². The standard InChI is InChI=1S/C10H14O3/c1-3-4-5-8(2)10(11)13-7-9-6-12-9/h4-5,9H,2-3,6-7H2,1H3. The minimum Gasteiger partial charge on any atom is -0.459 e. The molecule has 3 nitrogen and oxygen atoms in total. The second kappa shape index (κ2) is 4.82. The molecule has 1 aliphatic heterocycles. The molecule has 1 aliphatic rings. The van der Waals surface area contributed by atoms with Gasteiger partial charge in [-0.1, -0.05) is 25.7 Å². The maximum atomic E-state index is 11.2. The summed E-state index contributed by atoms with van der Waals surface area (Å²) in [7, 11) is 0. The smallest absolute Gasteiger partial charge is 0.337 e. The highest BCUT2D eigenvalue weighted by Gasteiger charge is 2.24.